The van der Waals surface area contributed by atoms with Crippen LogP contribution in [-0.4, -0.2) is 36.5 Å². The largest absolute Gasteiger partial charge is 0.337 e. The summed E-state index contributed by atoms with van der Waals surface area (Å²) in [5.41, 5.74) is 3.05. The lowest BCUT2D eigenvalue weighted by Crippen LogP contribution is -2.41. The number of hydrogen-bond donors (Lipinski definition) is 1. The van der Waals surface area contributed by atoms with Crippen LogP contribution in [0.5, 0.6) is 0 Å². The van der Waals surface area contributed by atoms with Crippen molar-refractivity contribution in [3.8, 4) is 0 Å². The van der Waals surface area contributed by atoms with Gasteiger partial charge in [0.1, 0.15) is 0 Å². The van der Waals surface area contributed by atoms with Crippen LogP contribution in [0.1, 0.15) is 41.3 Å². The smallest absolute Gasteiger partial charge is 0.254 e. The van der Waals surface area contributed by atoms with Crippen LogP contribution in [0.25, 0.3) is 0 Å². The summed E-state index contributed by atoms with van der Waals surface area (Å²) in [5, 5.41) is 3.46. The van der Waals surface area contributed by atoms with Gasteiger partial charge in [0.2, 0.25) is 0 Å². The van der Waals surface area contributed by atoms with Crippen molar-refractivity contribution in [2.24, 2.45) is 0 Å². The molecular formula is C16H24N2O. The zero-order valence-corrected chi connectivity index (χ0v) is 12.2. The van der Waals surface area contributed by atoms with Crippen LogP contribution in [0.15, 0.2) is 18.2 Å². The van der Waals surface area contributed by atoms with Gasteiger partial charge in [-0.1, -0.05) is 17.7 Å². The molecule has 0 aromatic heterocycles. The molecule has 1 unspecified atom stereocenters. The van der Waals surface area contributed by atoms with Crippen molar-refractivity contribution in [2.45, 2.75) is 39.7 Å². The van der Waals surface area contributed by atoms with Gasteiger partial charge in [-0.05, 0) is 51.8 Å². The monoisotopic (exact) mass is 260 g/mol. The van der Waals surface area contributed by atoms with Crippen LogP contribution in [0.4, 0.5) is 0 Å². The normalized spacial score (nSPS) is 18.6. The minimum absolute atomic E-state index is 0.164. The van der Waals surface area contributed by atoms with Gasteiger partial charge in [-0.2, -0.15) is 0 Å². The molecule has 0 bridgehead atoms. The van der Waals surface area contributed by atoms with Gasteiger partial charge < -0.3 is 10.2 Å². The lowest BCUT2D eigenvalue weighted by molar-refractivity contribution is 0.0750. The van der Waals surface area contributed by atoms with Crippen molar-refractivity contribution in [1.82, 2.24) is 10.2 Å². The number of nitrogens with zero attached hydrogens (tertiary/aromatic N) is 1. The van der Waals surface area contributed by atoms with Gasteiger partial charge >= 0.3 is 0 Å². The van der Waals surface area contributed by atoms with E-state index >= 15 is 0 Å². The molecule has 1 amide bonds. The predicted molar refractivity (Wildman–Crippen MR) is 78.5 cm³/mol. The third kappa shape index (κ3) is 3.35. The zero-order chi connectivity index (χ0) is 13.8. The van der Waals surface area contributed by atoms with E-state index in [0.717, 1.165) is 36.3 Å². The number of carbonyl (C=O) groups excluding carboxylic acids is 1. The summed E-state index contributed by atoms with van der Waals surface area (Å²) in [6.07, 6.45) is 2.40. The van der Waals surface area contributed by atoms with Crippen molar-refractivity contribution in [2.75, 3.05) is 19.6 Å². The van der Waals surface area contributed by atoms with Crippen molar-refractivity contribution >= 4 is 5.91 Å². The third-order valence-electron chi connectivity index (χ3n) is 3.90. The summed E-state index contributed by atoms with van der Waals surface area (Å²) < 4.78 is 0. The fourth-order valence-corrected chi connectivity index (χ4v) is 2.67. The summed E-state index contributed by atoms with van der Waals surface area (Å²) >= 11 is 0. The number of nitrogens with one attached hydrogen (secondary N) is 1. The molecular weight excluding hydrogens is 236 g/mol. The molecule has 1 heterocycles. The van der Waals surface area contributed by atoms with E-state index in [9.17, 15) is 4.79 Å². The first-order valence-electron chi connectivity index (χ1n) is 7.21. The van der Waals surface area contributed by atoms with Gasteiger partial charge in [-0.3, -0.25) is 4.79 Å². The highest BCUT2D eigenvalue weighted by Gasteiger charge is 2.22. The zero-order valence-electron chi connectivity index (χ0n) is 12.2. The van der Waals surface area contributed by atoms with E-state index in [0.29, 0.717) is 6.04 Å². The molecule has 0 radical (unpaired) electrons. The van der Waals surface area contributed by atoms with Gasteiger partial charge in [-0.25, -0.2) is 0 Å². The second kappa shape index (κ2) is 6.20. The van der Waals surface area contributed by atoms with Crippen LogP contribution in [0, 0.1) is 13.8 Å². The fraction of sp³-hybridized carbons (Fsp3) is 0.562. The Kier molecular flexibility index (Phi) is 4.59. The Morgan fingerprint density at radius 3 is 2.84 bits per heavy atom. The Hall–Kier alpha value is -1.35. The van der Waals surface area contributed by atoms with Crippen molar-refractivity contribution in [1.29, 1.82) is 0 Å². The Bertz CT molecular complexity index is 450. The molecule has 1 aromatic rings. The SMILES string of the molecule is CCN(CC1CCCN1)C(=O)c1cc(C)ccc1C. The number of amides is 1. The maximum Gasteiger partial charge on any atom is 0.254 e. The highest BCUT2D eigenvalue weighted by molar-refractivity contribution is 5.95. The van der Waals surface area contributed by atoms with E-state index in [2.05, 4.69) is 18.3 Å². The Labute approximate surface area is 116 Å². The van der Waals surface area contributed by atoms with E-state index < -0.39 is 0 Å². The highest BCUT2D eigenvalue weighted by Crippen LogP contribution is 2.15. The van der Waals surface area contributed by atoms with Crippen LogP contribution >= 0.6 is 0 Å². The van der Waals surface area contributed by atoms with E-state index in [1.165, 1.54) is 12.8 Å². The summed E-state index contributed by atoms with van der Waals surface area (Å²) in [5.74, 6) is 0.164. The molecule has 1 atom stereocenters. The molecule has 0 aliphatic carbocycles. The summed E-state index contributed by atoms with van der Waals surface area (Å²) in [6, 6.07) is 6.56. The second-order valence-electron chi connectivity index (χ2n) is 5.46. The summed E-state index contributed by atoms with van der Waals surface area (Å²) in [4.78, 5) is 14.6. The van der Waals surface area contributed by atoms with E-state index in [1.807, 2.05) is 30.9 Å². The molecule has 1 N–H and O–H groups in total. The predicted octanol–water partition coefficient (Wildman–Crippen LogP) is 2.52. The standard InChI is InChI=1S/C16H24N2O/c1-4-18(11-14-6-5-9-17-14)16(19)15-10-12(2)7-8-13(15)3/h7-8,10,14,17H,4-6,9,11H2,1-3H3. The van der Waals surface area contributed by atoms with Crippen LogP contribution in [0.3, 0.4) is 0 Å². The summed E-state index contributed by atoms with van der Waals surface area (Å²) in [7, 11) is 0. The maximum atomic E-state index is 12.6. The average Bonchev–Trinajstić information content (AvgIpc) is 2.91. The second-order valence-corrected chi connectivity index (χ2v) is 5.46. The van der Waals surface area contributed by atoms with Crippen molar-refractivity contribution < 1.29 is 4.79 Å². The minimum Gasteiger partial charge on any atom is -0.337 e. The van der Waals surface area contributed by atoms with Gasteiger partial charge in [-0.15, -0.1) is 0 Å². The van der Waals surface area contributed by atoms with Gasteiger partial charge in [0.25, 0.3) is 5.91 Å². The lowest BCUT2D eigenvalue weighted by Gasteiger charge is -2.25. The molecule has 2 rings (SSSR count). The van der Waals surface area contributed by atoms with E-state index in [1.54, 1.807) is 0 Å². The molecule has 1 saturated heterocycles. The van der Waals surface area contributed by atoms with E-state index in [4.69, 9.17) is 0 Å². The van der Waals surface area contributed by atoms with Gasteiger partial charge in [0.15, 0.2) is 0 Å². The fourth-order valence-electron chi connectivity index (χ4n) is 2.67. The lowest BCUT2D eigenvalue weighted by atomic mass is 10.0. The Morgan fingerprint density at radius 2 is 2.21 bits per heavy atom. The average molecular weight is 260 g/mol. The topological polar surface area (TPSA) is 32.3 Å². The first kappa shape index (κ1) is 14.1. The molecule has 1 fully saturated rings. The molecule has 0 spiro atoms. The Balaban J connectivity index is 2.12. The van der Waals surface area contributed by atoms with E-state index in [-0.39, 0.29) is 5.91 Å². The van der Waals surface area contributed by atoms with Crippen LogP contribution < -0.4 is 5.32 Å². The third-order valence-corrected chi connectivity index (χ3v) is 3.90. The number of benzene rings is 1. The molecule has 3 nitrogen and oxygen atoms in total. The maximum absolute atomic E-state index is 12.6. The molecule has 1 aliphatic heterocycles. The first-order chi connectivity index (χ1) is 9.11. The number of hydrogen-bond acceptors (Lipinski definition) is 2. The van der Waals surface area contributed by atoms with Crippen LogP contribution in [-0.2, 0) is 0 Å². The first-order valence-corrected chi connectivity index (χ1v) is 7.21. The minimum atomic E-state index is 0.164. The molecule has 3 heteroatoms. The molecule has 19 heavy (non-hydrogen) atoms. The molecule has 1 aliphatic rings. The Morgan fingerprint density at radius 1 is 1.42 bits per heavy atom. The van der Waals surface area contributed by atoms with Crippen molar-refractivity contribution in [3.63, 3.8) is 0 Å². The molecule has 1 aromatic carbocycles. The van der Waals surface area contributed by atoms with Gasteiger partial charge in [0, 0.05) is 24.7 Å². The summed E-state index contributed by atoms with van der Waals surface area (Å²) in [6.45, 7) is 8.77. The molecule has 0 saturated carbocycles. The number of likely N-dealkylation sites (N-methyl/N-ethyl adjacent to an activating group) is 1. The number of aryl methyl sites for hydroxylation is 2. The number of rotatable bonds is 4. The van der Waals surface area contributed by atoms with Crippen molar-refractivity contribution in [3.05, 3.63) is 34.9 Å². The van der Waals surface area contributed by atoms with Gasteiger partial charge in [0.05, 0.1) is 0 Å². The number of carbonyl (C=O) groups is 1. The quantitative estimate of drug-likeness (QED) is 0.902. The highest BCUT2D eigenvalue weighted by atomic mass is 16.2. The molecule has 104 valence electrons. The van der Waals surface area contributed by atoms with Crippen LogP contribution in [0.2, 0.25) is 0 Å².